The van der Waals surface area contributed by atoms with Crippen LogP contribution in [-0.2, 0) is 9.53 Å². The molecule has 1 aliphatic heterocycles. The van der Waals surface area contributed by atoms with E-state index in [9.17, 15) is 9.59 Å². The maximum Gasteiger partial charge on any atom is 0.309 e. The molecule has 0 saturated carbocycles. The van der Waals surface area contributed by atoms with E-state index >= 15 is 0 Å². The molecule has 1 saturated heterocycles. The van der Waals surface area contributed by atoms with E-state index in [2.05, 4.69) is 15.2 Å². The summed E-state index contributed by atoms with van der Waals surface area (Å²) in [5, 5.41) is 3.46. The van der Waals surface area contributed by atoms with Gasteiger partial charge in [0.15, 0.2) is 5.13 Å². The van der Waals surface area contributed by atoms with Crippen molar-refractivity contribution in [3.05, 3.63) is 4.88 Å². The van der Waals surface area contributed by atoms with Gasteiger partial charge in [-0.05, 0) is 26.7 Å². The number of amides is 1. The van der Waals surface area contributed by atoms with Gasteiger partial charge in [0.1, 0.15) is 10.7 Å². The highest BCUT2D eigenvalue weighted by Gasteiger charge is 2.28. The zero-order chi connectivity index (χ0) is 16.1. The minimum Gasteiger partial charge on any atom is -0.466 e. The Morgan fingerprint density at radius 3 is 2.68 bits per heavy atom. The Balaban J connectivity index is 1.98. The van der Waals surface area contributed by atoms with Crippen molar-refractivity contribution in [2.24, 2.45) is 5.92 Å². The molecule has 2 heterocycles. The lowest BCUT2D eigenvalue weighted by atomic mass is 9.97. The summed E-state index contributed by atoms with van der Waals surface area (Å²) in [5.74, 6) is -0.0937. The summed E-state index contributed by atoms with van der Waals surface area (Å²) in [6.07, 6.45) is 1.46. The van der Waals surface area contributed by atoms with Gasteiger partial charge in [0.2, 0.25) is 0 Å². The number of piperidine rings is 1. The Morgan fingerprint density at radius 1 is 1.41 bits per heavy atom. The van der Waals surface area contributed by atoms with Crippen LogP contribution < -0.4 is 16.0 Å². The lowest BCUT2D eigenvalue weighted by Crippen LogP contribution is -2.36. The molecule has 1 amide bonds. The molecule has 0 bridgehead atoms. The van der Waals surface area contributed by atoms with Gasteiger partial charge in [-0.2, -0.15) is 0 Å². The third kappa shape index (κ3) is 3.68. The standard InChI is InChI=1S/C14H22N4O3S/c1-3-16-12(19)10-11(15)17-14(22-10)18-7-5-9(6-8-18)13(20)21-4-2/h9H,3-8,15H2,1-2H3,(H,16,19). The number of anilines is 2. The lowest BCUT2D eigenvalue weighted by molar-refractivity contribution is -0.148. The molecule has 3 N–H and O–H groups in total. The highest BCUT2D eigenvalue weighted by molar-refractivity contribution is 7.18. The fourth-order valence-corrected chi connectivity index (χ4v) is 3.38. The molecule has 1 aliphatic rings. The predicted molar refractivity (Wildman–Crippen MR) is 86.1 cm³/mol. The number of nitrogens with one attached hydrogen (secondary N) is 1. The van der Waals surface area contributed by atoms with Gasteiger partial charge in [-0.3, -0.25) is 9.59 Å². The van der Waals surface area contributed by atoms with E-state index < -0.39 is 0 Å². The molecule has 1 aromatic heterocycles. The summed E-state index contributed by atoms with van der Waals surface area (Å²) in [4.78, 5) is 30.4. The first kappa shape index (κ1) is 16.5. The minimum atomic E-state index is -0.190. The average Bonchev–Trinajstić information content (AvgIpc) is 2.90. The molecular formula is C14H22N4O3S. The molecule has 8 heteroatoms. The summed E-state index contributed by atoms with van der Waals surface area (Å²) in [6.45, 7) is 6.06. The summed E-state index contributed by atoms with van der Waals surface area (Å²) < 4.78 is 5.06. The SMILES string of the molecule is CCNC(=O)c1sc(N2CCC(C(=O)OCC)CC2)nc1N. The smallest absolute Gasteiger partial charge is 0.309 e. The van der Waals surface area contributed by atoms with E-state index in [1.54, 1.807) is 0 Å². The number of nitrogens with two attached hydrogens (primary N) is 1. The Morgan fingerprint density at radius 2 is 2.09 bits per heavy atom. The Kier molecular flexibility index (Phi) is 5.59. The van der Waals surface area contributed by atoms with E-state index in [0.717, 1.165) is 18.0 Å². The number of hydrogen-bond donors (Lipinski definition) is 2. The van der Waals surface area contributed by atoms with Crippen LogP contribution in [0.15, 0.2) is 0 Å². The number of nitrogen functional groups attached to an aromatic ring is 1. The Hall–Kier alpha value is -1.83. The number of carbonyl (C=O) groups is 2. The van der Waals surface area contributed by atoms with Crippen LogP contribution in [-0.4, -0.2) is 43.1 Å². The van der Waals surface area contributed by atoms with Crippen molar-refractivity contribution < 1.29 is 14.3 Å². The molecule has 7 nitrogen and oxygen atoms in total. The third-order valence-electron chi connectivity index (χ3n) is 3.57. The van der Waals surface area contributed by atoms with Gasteiger partial charge in [0.25, 0.3) is 5.91 Å². The van der Waals surface area contributed by atoms with Crippen LogP contribution in [0.4, 0.5) is 10.9 Å². The third-order valence-corrected chi connectivity index (χ3v) is 4.70. The second kappa shape index (κ2) is 7.44. The lowest BCUT2D eigenvalue weighted by Gasteiger charge is -2.30. The quantitative estimate of drug-likeness (QED) is 0.791. The zero-order valence-electron chi connectivity index (χ0n) is 12.9. The maximum absolute atomic E-state index is 11.9. The van der Waals surface area contributed by atoms with Crippen LogP contribution in [0.2, 0.25) is 0 Å². The van der Waals surface area contributed by atoms with Crippen molar-refractivity contribution >= 4 is 34.2 Å². The molecule has 0 atom stereocenters. The first-order valence-electron chi connectivity index (χ1n) is 7.52. The Labute approximate surface area is 133 Å². The number of carbonyl (C=O) groups excluding carboxylic acids is 2. The van der Waals surface area contributed by atoms with E-state index in [4.69, 9.17) is 10.5 Å². The van der Waals surface area contributed by atoms with Crippen LogP contribution in [0.25, 0.3) is 0 Å². The van der Waals surface area contributed by atoms with Gasteiger partial charge in [-0.1, -0.05) is 11.3 Å². The van der Waals surface area contributed by atoms with E-state index in [1.165, 1.54) is 11.3 Å². The van der Waals surface area contributed by atoms with Gasteiger partial charge in [0.05, 0.1) is 12.5 Å². The second-order valence-corrected chi connectivity index (χ2v) is 6.06. The molecular weight excluding hydrogens is 304 g/mol. The number of ether oxygens (including phenoxy) is 1. The number of esters is 1. The highest BCUT2D eigenvalue weighted by atomic mass is 32.1. The molecule has 2 rings (SSSR count). The highest BCUT2D eigenvalue weighted by Crippen LogP contribution is 2.31. The van der Waals surface area contributed by atoms with Crippen LogP contribution in [0, 0.1) is 5.92 Å². The van der Waals surface area contributed by atoms with Crippen LogP contribution in [0.5, 0.6) is 0 Å². The molecule has 1 fully saturated rings. The van der Waals surface area contributed by atoms with Crippen molar-refractivity contribution in [2.75, 3.05) is 36.9 Å². The molecule has 0 spiro atoms. The molecule has 0 unspecified atom stereocenters. The molecule has 1 aromatic rings. The van der Waals surface area contributed by atoms with Crippen molar-refractivity contribution in [1.82, 2.24) is 10.3 Å². The topological polar surface area (TPSA) is 97.5 Å². The fraction of sp³-hybridized carbons (Fsp3) is 0.643. The number of aromatic nitrogens is 1. The summed E-state index contributed by atoms with van der Waals surface area (Å²) in [5.41, 5.74) is 5.83. The average molecular weight is 326 g/mol. The maximum atomic E-state index is 11.9. The molecule has 122 valence electrons. The molecule has 0 aliphatic carbocycles. The second-order valence-electron chi connectivity index (χ2n) is 5.08. The van der Waals surface area contributed by atoms with Crippen LogP contribution in [0.3, 0.4) is 0 Å². The van der Waals surface area contributed by atoms with E-state index in [-0.39, 0.29) is 23.6 Å². The first-order valence-corrected chi connectivity index (χ1v) is 8.34. The minimum absolute atomic E-state index is 0.0450. The molecule has 0 radical (unpaired) electrons. The molecule has 0 aromatic carbocycles. The van der Waals surface area contributed by atoms with Gasteiger partial charge in [-0.15, -0.1) is 0 Å². The van der Waals surface area contributed by atoms with Crippen molar-refractivity contribution in [1.29, 1.82) is 0 Å². The van der Waals surface area contributed by atoms with E-state index in [0.29, 0.717) is 31.1 Å². The van der Waals surface area contributed by atoms with Crippen molar-refractivity contribution in [3.63, 3.8) is 0 Å². The number of thiazole rings is 1. The summed E-state index contributed by atoms with van der Waals surface area (Å²) in [6, 6.07) is 0. The van der Waals surface area contributed by atoms with Gasteiger partial charge >= 0.3 is 5.97 Å². The normalized spacial score (nSPS) is 15.6. The fourth-order valence-electron chi connectivity index (χ4n) is 2.43. The monoisotopic (exact) mass is 326 g/mol. The molecule has 22 heavy (non-hydrogen) atoms. The van der Waals surface area contributed by atoms with Crippen LogP contribution >= 0.6 is 11.3 Å². The van der Waals surface area contributed by atoms with Crippen molar-refractivity contribution in [3.8, 4) is 0 Å². The number of rotatable bonds is 5. The summed E-state index contributed by atoms with van der Waals surface area (Å²) >= 11 is 1.30. The largest absolute Gasteiger partial charge is 0.466 e. The number of nitrogens with zero attached hydrogens (tertiary/aromatic N) is 2. The predicted octanol–water partition coefficient (Wildman–Crippen LogP) is 1.25. The van der Waals surface area contributed by atoms with Crippen LogP contribution in [0.1, 0.15) is 36.4 Å². The summed E-state index contributed by atoms with van der Waals surface area (Å²) in [7, 11) is 0. The number of hydrogen-bond acceptors (Lipinski definition) is 7. The van der Waals surface area contributed by atoms with Gasteiger partial charge < -0.3 is 20.7 Å². The first-order chi connectivity index (χ1) is 10.6. The van der Waals surface area contributed by atoms with Gasteiger partial charge in [0, 0.05) is 19.6 Å². The van der Waals surface area contributed by atoms with Crippen molar-refractivity contribution in [2.45, 2.75) is 26.7 Å². The zero-order valence-corrected chi connectivity index (χ0v) is 13.7. The van der Waals surface area contributed by atoms with Gasteiger partial charge in [-0.25, -0.2) is 4.98 Å². The van der Waals surface area contributed by atoms with E-state index in [1.807, 2.05) is 13.8 Å². The Bertz CT molecular complexity index is 538.